The van der Waals surface area contributed by atoms with Crippen LogP contribution in [0.5, 0.6) is 5.75 Å². The van der Waals surface area contributed by atoms with Crippen molar-refractivity contribution in [2.24, 2.45) is 0 Å². The molecule has 5 rings (SSSR count). The van der Waals surface area contributed by atoms with Crippen LogP contribution < -0.4 is 10.1 Å². The minimum atomic E-state index is -3.17. The Morgan fingerprint density at radius 3 is 2.48 bits per heavy atom. The Hall–Kier alpha value is -4.39. The molecule has 1 fully saturated rings. The van der Waals surface area contributed by atoms with Gasteiger partial charge < -0.3 is 10.1 Å². The van der Waals surface area contributed by atoms with Crippen LogP contribution in [0.25, 0.3) is 23.0 Å². The van der Waals surface area contributed by atoms with Crippen molar-refractivity contribution in [2.45, 2.75) is 19.1 Å². The fraction of sp³-hybridized carbons (Fsp3) is 0.167. The number of halogens is 1. The fourth-order valence-corrected chi connectivity index (χ4v) is 6.16. The molecule has 1 N–H and O–H groups in total. The molecule has 3 aromatic carbocycles. The van der Waals surface area contributed by atoms with E-state index in [-0.39, 0.29) is 17.1 Å². The quantitative estimate of drug-likeness (QED) is 0.235. The Kier molecular flexibility index (Phi) is 8.01. The van der Waals surface area contributed by atoms with Crippen LogP contribution >= 0.6 is 11.6 Å². The molecule has 1 aromatic heterocycles. The molecule has 0 saturated carbocycles. The van der Waals surface area contributed by atoms with Gasteiger partial charge >= 0.3 is 0 Å². The van der Waals surface area contributed by atoms with E-state index in [1.807, 2.05) is 84.9 Å². The van der Waals surface area contributed by atoms with E-state index < -0.39 is 21.8 Å². The van der Waals surface area contributed by atoms with Gasteiger partial charge in [0, 0.05) is 28.4 Å². The number of rotatable bonds is 8. The molecule has 0 bridgehead atoms. The summed E-state index contributed by atoms with van der Waals surface area (Å²) in [7, 11) is -3.17. The van der Waals surface area contributed by atoms with Crippen LogP contribution in [0.4, 0.5) is 0 Å². The first-order valence-electron chi connectivity index (χ1n) is 12.6. The van der Waals surface area contributed by atoms with Gasteiger partial charge in [-0.25, -0.2) is 13.1 Å². The SMILES string of the molecule is N#CC(=Cc1cn(-c2ccccc2)nc1-c1ccc(OCc2ccc(Cl)cc2)cc1)C(=O)NC1CCS(=O)(=O)C1. The first-order chi connectivity index (χ1) is 19.3. The van der Waals surface area contributed by atoms with Crippen molar-refractivity contribution in [1.29, 1.82) is 5.26 Å². The van der Waals surface area contributed by atoms with E-state index in [9.17, 15) is 18.5 Å². The molecule has 1 aliphatic heterocycles. The third-order valence-electron chi connectivity index (χ3n) is 6.44. The highest BCUT2D eigenvalue weighted by Crippen LogP contribution is 2.28. The molecule has 10 heteroatoms. The predicted molar refractivity (Wildman–Crippen MR) is 154 cm³/mol. The van der Waals surface area contributed by atoms with Crippen LogP contribution in [-0.4, -0.2) is 41.7 Å². The van der Waals surface area contributed by atoms with Gasteiger partial charge in [-0.1, -0.05) is 41.9 Å². The molecule has 1 atom stereocenters. The largest absolute Gasteiger partial charge is 0.489 e. The van der Waals surface area contributed by atoms with Crippen molar-refractivity contribution in [3.05, 3.63) is 107 Å². The second-order valence-electron chi connectivity index (χ2n) is 9.40. The zero-order valence-corrected chi connectivity index (χ0v) is 22.9. The highest BCUT2D eigenvalue weighted by atomic mass is 35.5. The second-order valence-corrected chi connectivity index (χ2v) is 12.1. The Bertz CT molecular complexity index is 1690. The number of hydrogen-bond acceptors (Lipinski definition) is 6. The lowest BCUT2D eigenvalue weighted by Gasteiger charge is -2.10. The average molecular weight is 573 g/mol. The number of hydrogen-bond donors (Lipinski definition) is 1. The van der Waals surface area contributed by atoms with Gasteiger partial charge in [0.1, 0.15) is 24.0 Å². The molecular formula is C30H25ClN4O4S. The molecule has 2 heterocycles. The van der Waals surface area contributed by atoms with E-state index in [0.717, 1.165) is 16.8 Å². The van der Waals surface area contributed by atoms with Gasteiger partial charge in [-0.05, 0) is 66.6 Å². The van der Waals surface area contributed by atoms with Gasteiger partial charge in [0.15, 0.2) is 9.84 Å². The Balaban J connectivity index is 1.41. The number of aromatic nitrogens is 2. The summed E-state index contributed by atoms with van der Waals surface area (Å²) in [4.78, 5) is 12.9. The highest BCUT2D eigenvalue weighted by Gasteiger charge is 2.29. The predicted octanol–water partition coefficient (Wildman–Crippen LogP) is 4.98. The average Bonchev–Trinajstić information content (AvgIpc) is 3.54. The molecule has 0 spiro atoms. The summed E-state index contributed by atoms with van der Waals surface area (Å²) < 4.78 is 31.2. The number of para-hydroxylation sites is 1. The van der Waals surface area contributed by atoms with Gasteiger partial charge in [0.25, 0.3) is 5.91 Å². The summed E-state index contributed by atoms with van der Waals surface area (Å²) in [6.07, 6.45) is 3.56. The molecule has 202 valence electrons. The van der Waals surface area contributed by atoms with Gasteiger partial charge in [0.2, 0.25) is 0 Å². The van der Waals surface area contributed by atoms with Crippen LogP contribution in [0.1, 0.15) is 17.5 Å². The Labute approximate surface area is 237 Å². The smallest absolute Gasteiger partial charge is 0.262 e. The van der Waals surface area contributed by atoms with Crippen molar-refractivity contribution in [3.8, 4) is 28.8 Å². The maximum Gasteiger partial charge on any atom is 0.262 e. The topological polar surface area (TPSA) is 114 Å². The molecule has 0 radical (unpaired) electrons. The lowest BCUT2D eigenvalue weighted by molar-refractivity contribution is -0.117. The summed E-state index contributed by atoms with van der Waals surface area (Å²) in [6.45, 7) is 0.385. The number of amides is 1. The van der Waals surface area contributed by atoms with Crippen molar-refractivity contribution >= 4 is 33.4 Å². The van der Waals surface area contributed by atoms with Crippen LogP contribution in [0.2, 0.25) is 5.02 Å². The normalized spacial score (nSPS) is 16.3. The number of benzene rings is 3. The zero-order chi connectivity index (χ0) is 28.1. The van der Waals surface area contributed by atoms with E-state index >= 15 is 0 Å². The molecule has 1 amide bonds. The molecular weight excluding hydrogens is 548 g/mol. The number of carbonyl (C=O) groups is 1. The molecule has 1 aliphatic rings. The summed E-state index contributed by atoms with van der Waals surface area (Å²) in [5.74, 6) is -0.0475. The molecule has 40 heavy (non-hydrogen) atoms. The van der Waals surface area contributed by atoms with Crippen LogP contribution in [0.3, 0.4) is 0 Å². The molecule has 0 aliphatic carbocycles. The zero-order valence-electron chi connectivity index (χ0n) is 21.3. The van der Waals surface area contributed by atoms with E-state index in [0.29, 0.717) is 35.1 Å². The van der Waals surface area contributed by atoms with Crippen molar-refractivity contribution < 1.29 is 17.9 Å². The van der Waals surface area contributed by atoms with Gasteiger partial charge in [-0.3, -0.25) is 4.79 Å². The van der Waals surface area contributed by atoms with Crippen molar-refractivity contribution in [2.75, 3.05) is 11.5 Å². The van der Waals surface area contributed by atoms with Crippen molar-refractivity contribution in [1.82, 2.24) is 15.1 Å². The van der Waals surface area contributed by atoms with E-state index in [1.165, 1.54) is 6.08 Å². The molecule has 8 nitrogen and oxygen atoms in total. The number of nitriles is 1. The minimum absolute atomic E-state index is 0.0248. The number of carbonyl (C=O) groups excluding carboxylic acids is 1. The third-order valence-corrected chi connectivity index (χ3v) is 8.46. The Morgan fingerprint density at radius 2 is 1.82 bits per heavy atom. The fourth-order valence-electron chi connectivity index (χ4n) is 4.36. The second kappa shape index (κ2) is 11.8. The summed E-state index contributed by atoms with van der Waals surface area (Å²) in [5, 5.41) is 17.9. The van der Waals surface area contributed by atoms with Crippen LogP contribution in [0.15, 0.2) is 90.6 Å². The van der Waals surface area contributed by atoms with Crippen LogP contribution in [0, 0.1) is 11.3 Å². The maximum atomic E-state index is 12.9. The third kappa shape index (κ3) is 6.60. The van der Waals surface area contributed by atoms with Gasteiger partial charge in [-0.15, -0.1) is 0 Å². The number of nitrogens with zero attached hydrogens (tertiary/aromatic N) is 3. The number of ether oxygens (including phenoxy) is 1. The lowest BCUT2D eigenvalue weighted by atomic mass is 10.1. The standard InChI is InChI=1S/C30H25ClN4O4S/c31-25-10-6-21(7-11-25)19-39-28-12-8-22(9-13-28)29-24(18-35(34-29)27-4-2-1-3-5-27)16-23(17-32)30(36)33-26-14-15-40(37,38)20-26/h1-13,16,18,26H,14-15,19-20H2,(H,33,36). The van der Waals surface area contributed by atoms with E-state index in [2.05, 4.69) is 5.32 Å². The summed E-state index contributed by atoms with van der Waals surface area (Å²) in [5.41, 5.74) is 3.55. The summed E-state index contributed by atoms with van der Waals surface area (Å²) in [6, 6.07) is 25.7. The van der Waals surface area contributed by atoms with Gasteiger partial charge in [0.05, 0.1) is 22.9 Å². The van der Waals surface area contributed by atoms with Crippen molar-refractivity contribution in [3.63, 3.8) is 0 Å². The first-order valence-corrected chi connectivity index (χ1v) is 14.8. The highest BCUT2D eigenvalue weighted by molar-refractivity contribution is 7.91. The van der Waals surface area contributed by atoms with Crippen LogP contribution in [-0.2, 0) is 21.2 Å². The molecule has 4 aromatic rings. The Morgan fingerprint density at radius 1 is 1.10 bits per heavy atom. The van der Waals surface area contributed by atoms with Gasteiger partial charge in [-0.2, -0.15) is 10.4 Å². The van der Waals surface area contributed by atoms with E-state index in [1.54, 1.807) is 10.9 Å². The molecule has 1 saturated heterocycles. The monoisotopic (exact) mass is 572 g/mol. The maximum absolute atomic E-state index is 12.9. The number of nitrogens with one attached hydrogen (secondary N) is 1. The first kappa shape index (κ1) is 27.2. The lowest BCUT2D eigenvalue weighted by Crippen LogP contribution is -2.36. The number of sulfone groups is 1. The molecule has 1 unspecified atom stereocenters. The minimum Gasteiger partial charge on any atom is -0.489 e. The van der Waals surface area contributed by atoms with E-state index in [4.69, 9.17) is 21.4 Å². The summed E-state index contributed by atoms with van der Waals surface area (Å²) >= 11 is 5.95.